The molecule has 1 aromatic heterocycles. The second-order valence-electron chi connectivity index (χ2n) is 7.29. The maximum atomic E-state index is 5.47. The molecule has 0 aromatic carbocycles. The molecule has 0 spiro atoms. The molecule has 20 heavy (non-hydrogen) atoms. The second-order valence-corrected chi connectivity index (χ2v) is 8.66. The summed E-state index contributed by atoms with van der Waals surface area (Å²) in [4.78, 5) is 8.29. The van der Waals surface area contributed by atoms with Crippen LogP contribution in [0.15, 0.2) is 0 Å². The molecule has 1 fully saturated rings. The average molecular weight is 309 g/mol. The number of hydrogen-bond acceptors (Lipinski definition) is 3. The van der Waals surface area contributed by atoms with Gasteiger partial charge in [-0.1, -0.05) is 33.0 Å². The van der Waals surface area contributed by atoms with Gasteiger partial charge in [-0.25, -0.2) is 4.98 Å². The summed E-state index contributed by atoms with van der Waals surface area (Å²) in [5.74, 6) is 4.71. The first-order valence-corrected chi connectivity index (χ1v) is 9.21. The first kappa shape index (κ1) is 14.6. The summed E-state index contributed by atoms with van der Waals surface area (Å²) in [6.07, 6.45) is 5.16. The average Bonchev–Trinajstić information content (AvgIpc) is 2.86. The lowest BCUT2D eigenvalue weighted by Gasteiger charge is -2.36. The Labute approximate surface area is 131 Å². The molecular formula is C16H24N2S2. The molecule has 1 aromatic rings. The minimum absolute atomic E-state index is 0.444. The van der Waals surface area contributed by atoms with E-state index in [1.807, 2.05) is 11.8 Å². The Morgan fingerprint density at radius 3 is 2.50 bits per heavy atom. The van der Waals surface area contributed by atoms with Crippen LogP contribution in [0.1, 0.15) is 69.5 Å². The van der Waals surface area contributed by atoms with Crippen molar-refractivity contribution >= 4 is 24.0 Å². The molecule has 3 rings (SSSR count). The number of fused-ring (bicyclic) bond motifs is 1. The normalized spacial score (nSPS) is 26.6. The Morgan fingerprint density at radius 1 is 1.15 bits per heavy atom. The number of hydrogen-bond donors (Lipinski definition) is 1. The highest BCUT2D eigenvalue weighted by Gasteiger charge is 2.31. The molecule has 0 amide bonds. The minimum atomic E-state index is 0.444. The summed E-state index contributed by atoms with van der Waals surface area (Å²) in [5, 5.41) is 0. The van der Waals surface area contributed by atoms with Gasteiger partial charge >= 0.3 is 0 Å². The van der Waals surface area contributed by atoms with Gasteiger partial charge in [-0.2, -0.15) is 11.8 Å². The molecule has 1 aliphatic carbocycles. The molecule has 0 saturated heterocycles. The fraction of sp³-hybridized carbons (Fsp3) is 0.750. The van der Waals surface area contributed by atoms with Crippen LogP contribution in [-0.4, -0.2) is 9.97 Å². The van der Waals surface area contributed by atoms with Gasteiger partial charge in [0.25, 0.3) is 0 Å². The van der Waals surface area contributed by atoms with Crippen LogP contribution in [-0.2, 0) is 11.5 Å². The quantitative estimate of drug-likeness (QED) is 0.722. The predicted molar refractivity (Wildman–Crippen MR) is 88.6 cm³/mol. The Kier molecular flexibility index (Phi) is 3.97. The Bertz CT molecular complexity index is 549. The van der Waals surface area contributed by atoms with Crippen molar-refractivity contribution in [3.05, 3.63) is 21.7 Å². The largest absolute Gasteiger partial charge is 0.346 e. The van der Waals surface area contributed by atoms with Crippen molar-refractivity contribution < 1.29 is 0 Å². The van der Waals surface area contributed by atoms with E-state index in [0.29, 0.717) is 11.3 Å². The molecule has 0 unspecified atom stereocenters. The smallest absolute Gasteiger partial charge is 0.134 e. The molecule has 4 heteroatoms. The van der Waals surface area contributed by atoms with Crippen LogP contribution < -0.4 is 0 Å². The molecular weight excluding hydrogens is 284 g/mol. The number of H-pyrrole nitrogens is 1. The fourth-order valence-electron chi connectivity index (χ4n) is 3.52. The lowest BCUT2D eigenvalue weighted by Crippen LogP contribution is -2.26. The van der Waals surface area contributed by atoms with E-state index in [1.54, 1.807) is 0 Å². The molecule has 1 N–H and O–H groups in total. The van der Waals surface area contributed by atoms with E-state index in [2.05, 4.69) is 25.8 Å². The minimum Gasteiger partial charge on any atom is -0.346 e. The van der Waals surface area contributed by atoms with Crippen LogP contribution in [0.2, 0.25) is 0 Å². The van der Waals surface area contributed by atoms with Crippen LogP contribution in [0, 0.1) is 16.0 Å². The van der Waals surface area contributed by atoms with Crippen LogP contribution >= 0.6 is 24.0 Å². The van der Waals surface area contributed by atoms with E-state index in [9.17, 15) is 0 Å². The van der Waals surface area contributed by atoms with Gasteiger partial charge in [0.05, 0.1) is 0 Å². The predicted octanol–water partition coefficient (Wildman–Crippen LogP) is 5.21. The van der Waals surface area contributed by atoms with Gasteiger partial charge in [-0.05, 0) is 37.0 Å². The highest BCUT2D eigenvalue weighted by atomic mass is 32.2. The number of rotatable bonds is 1. The third kappa shape index (κ3) is 2.82. The number of thioether (sulfide) groups is 1. The third-order valence-electron chi connectivity index (χ3n) is 4.95. The highest BCUT2D eigenvalue weighted by Crippen LogP contribution is 2.42. The van der Waals surface area contributed by atoms with Crippen molar-refractivity contribution in [3.8, 4) is 0 Å². The van der Waals surface area contributed by atoms with Gasteiger partial charge in [0.2, 0.25) is 0 Å². The van der Waals surface area contributed by atoms with Gasteiger partial charge in [0.15, 0.2) is 0 Å². The summed E-state index contributed by atoms with van der Waals surface area (Å²) >= 11 is 7.41. The summed E-state index contributed by atoms with van der Waals surface area (Å²) < 4.78 is 0.844. The van der Waals surface area contributed by atoms with E-state index in [-0.39, 0.29) is 0 Å². The monoisotopic (exact) mass is 308 g/mol. The summed E-state index contributed by atoms with van der Waals surface area (Å²) in [6, 6.07) is 0. The first-order chi connectivity index (χ1) is 9.45. The van der Waals surface area contributed by atoms with E-state index in [0.717, 1.165) is 27.9 Å². The maximum Gasteiger partial charge on any atom is 0.134 e. The van der Waals surface area contributed by atoms with Gasteiger partial charge in [-0.3, -0.25) is 0 Å². The number of aromatic nitrogens is 2. The van der Waals surface area contributed by atoms with Crippen LogP contribution in [0.4, 0.5) is 0 Å². The van der Waals surface area contributed by atoms with E-state index in [1.165, 1.54) is 36.9 Å². The van der Waals surface area contributed by atoms with Gasteiger partial charge < -0.3 is 4.98 Å². The lowest BCUT2D eigenvalue weighted by atomic mass is 9.69. The molecule has 1 aliphatic heterocycles. The standard InChI is InChI=1S/C16H24N2S2/c1-16(2,3)11-6-4-10(5-7-11)14-17-13-9-20-8-12(13)15(19)18-14/h10-11H,4-9H2,1-3H3,(H,17,18,19). The summed E-state index contributed by atoms with van der Waals surface area (Å²) in [7, 11) is 0. The van der Waals surface area contributed by atoms with E-state index in [4.69, 9.17) is 17.2 Å². The molecule has 2 aliphatic rings. The van der Waals surface area contributed by atoms with Gasteiger partial charge in [0, 0.05) is 28.7 Å². The molecule has 2 nitrogen and oxygen atoms in total. The SMILES string of the molecule is CC(C)(C)C1CCC(c2nc(=S)c3c([nH]2)CSC3)CC1. The van der Waals surface area contributed by atoms with Gasteiger partial charge in [0.1, 0.15) is 10.5 Å². The molecule has 110 valence electrons. The van der Waals surface area contributed by atoms with Crippen molar-refractivity contribution in [3.63, 3.8) is 0 Å². The van der Waals surface area contributed by atoms with E-state index >= 15 is 0 Å². The number of nitrogens with zero attached hydrogens (tertiary/aromatic N) is 1. The molecule has 0 bridgehead atoms. The maximum absolute atomic E-state index is 5.47. The number of aromatic amines is 1. The lowest BCUT2D eigenvalue weighted by molar-refractivity contribution is 0.167. The summed E-state index contributed by atoms with van der Waals surface area (Å²) in [6.45, 7) is 7.11. The Balaban J connectivity index is 1.76. The van der Waals surface area contributed by atoms with Crippen molar-refractivity contribution in [1.82, 2.24) is 9.97 Å². The fourth-order valence-corrected chi connectivity index (χ4v) is 4.97. The zero-order valence-corrected chi connectivity index (χ0v) is 14.3. The van der Waals surface area contributed by atoms with Crippen molar-refractivity contribution in [2.24, 2.45) is 11.3 Å². The van der Waals surface area contributed by atoms with Crippen LogP contribution in [0.3, 0.4) is 0 Å². The van der Waals surface area contributed by atoms with Crippen LogP contribution in [0.5, 0.6) is 0 Å². The van der Waals surface area contributed by atoms with Crippen LogP contribution in [0.25, 0.3) is 0 Å². The zero-order valence-electron chi connectivity index (χ0n) is 12.7. The molecule has 0 atom stereocenters. The summed E-state index contributed by atoms with van der Waals surface area (Å²) in [5.41, 5.74) is 3.06. The Morgan fingerprint density at radius 2 is 1.85 bits per heavy atom. The second kappa shape index (κ2) is 5.45. The van der Waals surface area contributed by atoms with Crippen molar-refractivity contribution in [2.75, 3.05) is 0 Å². The molecule has 1 saturated carbocycles. The topological polar surface area (TPSA) is 28.7 Å². The molecule has 0 radical (unpaired) electrons. The Hall–Kier alpha value is -0.350. The number of nitrogens with one attached hydrogen (secondary N) is 1. The molecule has 2 heterocycles. The first-order valence-electron chi connectivity index (χ1n) is 7.65. The van der Waals surface area contributed by atoms with Crippen molar-refractivity contribution in [2.45, 2.75) is 63.9 Å². The zero-order chi connectivity index (χ0) is 14.3. The highest BCUT2D eigenvalue weighted by molar-refractivity contribution is 7.98. The third-order valence-corrected chi connectivity index (χ3v) is 6.28. The van der Waals surface area contributed by atoms with Crippen molar-refractivity contribution in [1.29, 1.82) is 0 Å². The van der Waals surface area contributed by atoms with Gasteiger partial charge in [-0.15, -0.1) is 0 Å². The van der Waals surface area contributed by atoms with E-state index < -0.39 is 0 Å².